The van der Waals surface area contributed by atoms with Gasteiger partial charge in [-0.1, -0.05) is 6.07 Å². The molecular formula is C11H15NO3S. The van der Waals surface area contributed by atoms with Crippen LogP contribution in [0, 0.1) is 0 Å². The molecule has 0 radical (unpaired) electrons. The molecule has 0 amide bonds. The SMILES string of the molecule is C[C@@](C(=O)O)(c1cccs1)N1CCOCC1. The van der Waals surface area contributed by atoms with Crippen LogP contribution < -0.4 is 0 Å². The van der Waals surface area contributed by atoms with Crippen LogP contribution in [0.1, 0.15) is 11.8 Å². The van der Waals surface area contributed by atoms with E-state index in [9.17, 15) is 9.90 Å². The monoisotopic (exact) mass is 241 g/mol. The molecule has 1 aromatic heterocycles. The summed E-state index contributed by atoms with van der Waals surface area (Å²) in [5.41, 5.74) is -0.919. The van der Waals surface area contributed by atoms with E-state index in [4.69, 9.17) is 4.74 Å². The molecule has 4 nitrogen and oxygen atoms in total. The molecule has 1 aliphatic heterocycles. The molecular weight excluding hydrogens is 226 g/mol. The van der Waals surface area contributed by atoms with E-state index in [0.29, 0.717) is 26.3 Å². The lowest BCUT2D eigenvalue weighted by Gasteiger charge is -2.39. The van der Waals surface area contributed by atoms with Crippen molar-refractivity contribution in [1.82, 2.24) is 4.90 Å². The maximum Gasteiger partial charge on any atom is 0.329 e. The van der Waals surface area contributed by atoms with Gasteiger partial charge in [0.2, 0.25) is 0 Å². The number of hydrogen-bond acceptors (Lipinski definition) is 4. The first-order valence-electron chi connectivity index (χ1n) is 5.26. The molecule has 2 rings (SSSR count). The van der Waals surface area contributed by atoms with Gasteiger partial charge in [0.05, 0.1) is 13.2 Å². The molecule has 0 unspecified atom stereocenters. The highest BCUT2D eigenvalue weighted by Crippen LogP contribution is 2.32. The number of carboxylic acids is 1. The summed E-state index contributed by atoms with van der Waals surface area (Å²) >= 11 is 1.49. The van der Waals surface area contributed by atoms with Crippen molar-refractivity contribution in [3.8, 4) is 0 Å². The third kappa shape index (κ3) is 1.86. The Hall–Kier alpha value is -0.910. The number of hydrogen-bond donors (Lipinski definition) is 1. The standard InChI is InChI=1S/C11H15NO3S/c1-11(10(13)14,9-3-2-8-16-9)12-4-6-15-7-5-12/h2-3,8H,4-7H2,1H3,(H,13,14)/t11-/m0/s1. The van der Waals surface area contributed by atoms with Gasteiger partial charge in [-0.05, 0) is 18.4 Å². The van der Waals surface area contributed by atoms with E-state index in [1.54, 1.807) is 6.92 Å². The van der Waals surface area contributed by atoms with Crippen molar-refractivity contribution in [2.75, 3.05) is 26.3 Å². The maximum absolute atomic E-state index is 11.5. The normalized spacial score (nSPS) is 21.6. The minimum atomic E-state index is -0.919. The Morgan fingerprint density at radius 3 is 2.75 bits per heavy atom. The molecule has 1 N–H and O–H groups in total. The number of ether oxygens (including phenoxy) is 1. The molecule has 0 bridgehead atoms. The Morgan fingerprint density at radius 2 is 2.25 bits per heavy atom. The summed E-state index contributed by atoms with van der Waals surface area (Å²) in [6.07, 6.45) is 0. The molecule has 0 aliphatic carbocycles. The Morgan fingerprint density at radius 1 is 1.56 bits per heavy atom. The van der Waals surface area contributed by atoms with Gasteiger partial charge in [-0.15, -0.1) is 11.3 Å². The van der Waals surface area contributed by atoms with E-state index in [0.717, 1.165) is 4.88 Å². The van der Waals surface area contributed by atoms with Crippen LogP contribution in [-0.4, -0.2) is 42.3 Å². The van der Waals surface area contributed by atoms with Gasteiger partial charge >= 0.3 is 5.97 Å². The quantitative estimate of drug-likeness (QED) is 0.868. The van der Waals surface area contributed by atoms with Crippen molar-refractivity contribution in [3.63, 3.8) is 0 Å². The fourth-order valence-electron chi connectivity index (χ4n) is 1.96. The molecule has 88 valence electrons. The van der Waals surface area contributed by atoms with Gasteiger partial charge in [-0.3, -0.25) is 4.90 Å². The molecule has 1 atom stereocenters. The third-order valence-corrected chi connectivity index (χ3v) is 4.14. The van der Waals surface area contributed by atoms with Crippen LogP contribution in [0.3, 0.4) is 0 Å². The summed E-state index contributed by atoms with van der Waals surface area (Å²) in [5.74, 6) is -0.795. The fraction of sp³-hybridized carbons (Fsp3) is 0.545. The molecule has 0 spiro atoms. The highest BCUT2D eigenvalue weighted by atomic mass is 32.1. The van der Waals surface area contributed by atoms with Gasteiger partial charge in [0.1, 0.15) is 0 Å². The van der Waals surface area contributed by atoms with Crippen LogP contribution in [0.4, 0.5) is 0 Å². The summed E-state index contributed by atoms with van der Waals surface area (Å²) in [6, 6.07) is 3.77. The molecule has 0 aromatic carbocycles. The minimum Gasteiger partial charge on any atom is -0.480 e. The first-order chi connectivity index (χ1) is 7.65. The molecule has 5 heteroatoms. The van der Waals surface area contributed by atoms with Crippen LogP contribution in [-0.2, 0) is 15.1 Å². The molecule has 1 aromatic rings. The number of morpholine rings is 1. The number of carbonyl (C=O) groups is 1. The predicted octanol–water partition coefficient (Wildman–Crippen LogP) is 1.38. The first kappa shape index (κ1) is 11.6. The number of rotatable bonds is 3. The largest absolute Gasteiger partial charge is 0.480 e. The van der Waals surface area contributed by atoms with Crippen molar-refractivity contribution in [2.24, 2.45) is 0 Å². The zero-order chi connectivity index (χ0) is 11.6. The van der Waals surface area contributed by atoms with Gasteiger partial charge in [-0.2, -0.15) is 0 Å². The number of carboxylic acid groups (broad SMARTS) is 1. The third-order valence-electron chi connectivity index (χ3n) is 3.06. The second-order valence-corrected chi connectivity index (χ2v) is 4.90. The van der Waals surface area contributed by atoms with Gasteiger partial charge in [-0.25, -0.2) is 4.79 Å². The molecule has 2 heterocycles. The van der Waals surface area contributed by atoms with Gasteiger partial charge < -0.3 is 9.84 Å². The predicted molar refractivity (Wildman–Crippen MR) is 61.7 cm³/mol. The van der Waals surface area contributed by atoms with Gasteiger partial charge in [0.25, 0.3) is 0 Å². The molecule has 1 saturated heterocycles. The van der Waals surface area contributed by atoms with E-state index >= 15 is 0 Å². The zero-order valence-corrected chi connectivity index (χ0v) is 10.00. The van der Waals surface area contributed by atoms with Crippen LogP contribution in [0.2, 0.25) is 0 Å². The van der Waals surface area contributed by atoms with Crippen molar-refractivity contribution in [2.45, 2.75) is 12.5 Å². The van der Waals surface area contributed by atoms with E-state index < -0.39 is 11.5 Å². The molecule has 1 aliphatic rings. The summed E-state index contributed by atoms with van der Waals surface area (Å²) in [6.45, 7) is 4.32. The Bertz CT molecular complexity index is 359. The Labute approximate surface area is 98.4 Å². The van der Waals surface area contributed by atoms with Crippen molar-refractivity contribution < 1.29 is 14.6 Å². The Balaban J connectivity index is 2.31. The zero-order valence-electron chi connectivity index (χ0n) is 9.18. The van der Waals surface area contributed by atoms with E-state index in [-0.39, 0.29) is 0 Å². The Kier molecular flexibility index (Phi) is 3.28. The summed E-state index contributed by atoms with van der Waals surface area (Å²) in [5, 5.41) is 11.4. The lowest BCUT2D eigenvalue weighted by molar-refractivity contribution is -0.154. The van der Waals surface area contributed by atoms with Crippen LogP contribution in [0.25, 0.3) is 0 Å². The average molecular weight is 241 g/mol. The highest BCUT2D eigenvalue weighted by Gasteiger charge is 2.42. The average Bonchev–Trinajstić information content (AvgIpc) is 2.82. The molecule has 0 saturated carbocycles. The lowest BCUT2D eigenvalue weighted by Crippen LogP contribution is -2.53. The van der Waals surface area contributed by atoms with Crippen LogP contribution in [0.5, 0.6) is 0 Å². The minimum absolute atomic E-state index is 0.605. The van der Waals surface area contributed by atoms with Gasteiger partial charge in [0.15, 0.2) is 5.54 Å². The lowest BCUT2D eigenvalue weighted by atomic mass is 9.97. The summed E-state index contributed by atoms with van der Waals surface area (Å²) < 4.78 is 5.26. The second kappa shape index (κ2) is 4.53. The van der Waals surface area contributed by atoms with E-state index in [1.807, 2.05) is 22.4 Å². The van der Waals surface area contributed by atoms with Gasteiger partial charge in [0, 0.05) is 18.0 Å². The van der Waals surface area contributed by atoms with E-state index in [1.165, 1.54) is 11.3 Å². The van der Waals surface area contributed by atoms with Crippen LogP contribution in [0.15, 0.2) is 17.5 Å². The smallest absolute Gasteiger partial charge is 0.329 e. The number of nitrogens with zero attached hydrogens (tertiary/aromatic N) is 1. The maximum atomic E-state index is 11.5. The fourth-order valence-corrected chi connectivity index (χ4v) is 2.87. The van der Waals surface area contributed by atoms with E-state index in [2.05, 4.69) is 0 Å². The number of aliphatic carboxylic acids is 1. The highest BCUT2D eigenvalue weighted by molar-refractivity contribution is 7.10. The molecule has 1 fully saturated rings. The summed E-state index contributed by atoms with van der Waals surface area (Å²) in [4.78, 5) is 14.4. The van der Waals surface area contributed by atoms with Crippen molar-refractivity contribution in [1.29, 1.82) is 0 Å². The van der Waals surface area contributed by atoms with Crippen molar-refractivity contribution >= 4 is 17.3 Å². The molecule has 16 heavy (non-hydrogen) atoms. The second-order valence-electron chi connectivity index (χ2n) is 3.95. The summed E-state index contributed by atoms with van der Waals surface area (Å²) in [7, 11) is 0. The van der Waals surface area contributed by atoms with Crippen molar-refractivity contribution in [3.05, 3.63) is 22.4 Å². The topological polar surface area (TPSA) is 49.8 Å². The number of thiophene rings is 1. The van der Waals surface area contributed by atoms with Crippen LogP contribution >= 0.6 is 11.3 Å². The first-order valence-corrected chi connectivity index (χ1v) is 6.14.